The lowest BCUT2D eigenvalue weighted by Crippen LogP contribution is -2.45. The normalized spacial score (nSPS) is 14.2. The molecule has 1 fully saturated rings. The highest BCUT2D eigenvalue weighted by Gasteiger charge is 2.25. The molecule has 1 saturated heterocycles. The van der Waals surface area contributed by atoms with Crippen molar-refractivity contribution in [2.75, 3.05) is 19.6 Å². The van der Waals surface area contributed by atoms with Gasteiger partial charge in [-0.2, -0.15) is 0 Å². The number of amides is 2. The molecule has 0 atom stereocenters. The highest BCUT2D eigenvalue weighted by Crippen LogP contribution is 2.30. The van der Waals surface area contributed by atoms with Gasteiger partial charge in [-0.05, 0) is 61.9 Å². The fourth-order valence-corrected chi connectivity index (χ4v) is 5.96. The van der Waals surface area contributed by atoms with Gasteiger partial charge in [-0.15, -0.1) is 0 Å². The van der Waals surface area contributed by atoms with E-state index in [4.69, 9.17) is 9.84 Å². The van der Waals surface area contributed by atoms with Gasteiger partial charge in [0.2, 0.25) is 5.91 Å². The number of carbonyl (C=O) groups is 2. The van der Waals surface area contributed by atoms with Crippen LogP contribution in [0, 0.1) is 6.92 Å². The van der Waals surface area contributed by atoms with E-state index in [-0.39, 0.29) is 12.2 Å². The first-order valence-electron chi connectivity index (χ1n) is 15.0. The number of carboxylic acid groups (broad SMARTS) is 1. The number of imide groups is 1. The Labute approximate surface area is 255 Å². The van der Waals surface area contributed by atoms with Crippen LogP contribution in [0.25, 0.3) is 10.9 Å². The van der Waals surface area contributed by atoms with Crippen molar-refractivity contribution in [3.8, 4) is 0 Å². The molecule has 10 heteroatoms. The molecule has 3 aromatic carbocycles. The fourth-order valence-electron chi connectivity index (χ4n) is 5.96. The molecule has 0 saturated carbocycles. The highest BCUT2D eigenvalue weighted by molar-refractivity contribution is 5.91. The van der Waals surface area contributed by atoms with E-state index in [0.717, 1.165) is 54.6 Å². The van der Waals surface area contributed by atoms with Gasteiger partial charge in [0, 0.05) is 19.6 Å². The summed E-state index contributed by atoms with van der Waals surface area (Å²) in [6, 6.07) is 25.9. The number of fused-ring (bicyclic) bond motifs is 1. The molecule has 1 aromatic heterocycles. The Morgan fingerprint density at radius 3 is 2.09 bits per heavy atom. The largest absolute Gasteiger partial charge is 0.465 e. The molecule has 230 valence electrons. The number of aromatic nitrogens is 2. The number of unbranched alkanes of at least 4 members (excludes halogenated alkanes) is 1. The molecule has 4 aromatic rings. The zero-order valence-corrected chi connectivity index (χ0v) is 24.9. The molecule has 0 unspecified atom stereocenters. The third kappa shape index (κ3) is 7.32. The number of carbonyl (C=O) groups excluding carboxylic acids is 1. The highest BCUT2D eigenvalue weighted by atomic mass is 16.5. The monoisotopic (exact) mass is 598 g/mol. The molecule has 0 radical (unpaired) electrons. The maximum atomic E-state index is 13.3. The summed E-state index contributed by atoms with van der Waals surface area (Å²) in [7, 11) is 0. The van der Waals surface area contributed by atoms with E-state index < -0.39 is 29.8 Å². The number of nitrogens with zero attached hydrogens (tertiary/aromatic N) is 3. The number of hydrogen-bond donors (Lipinski definition) is 2. The second-order valence-corrected chi connectivity index (χ2v) is 11.2. The number of rotatable bonds is 11. The maximum absolute atomic E-state index is 13.3. The number of piperidine rings is 1. The lowest BCUT2D eigenvalue weighted by Gasteiger charge is -2.34. The van der Waals surface area contributed by atoms with Gasteiger partial charge in [0.15, 0.2) is 0 Å². The molecule has 0 aliphatic carbocycles. The van der Waals surface area contributed by atoms with E-state index >= 15 is 0 Å². The van der Waals surface area contributed by atoms with Crippen molar-refractivity contribution >= 4 is 22.9 Å². The van der Waals surface area contributed by atoms with E-state index in [1.165, 1.54) is 4.57 Å². The fraction of sp³-hybridized carbons (Fsp3) is 0.353. The van der Waals surface area contributed by atoms with E-state index in [0.29, 0.717) is 29.4 Å². The van der Waals surface area contributed by atoms with E-state index in [1.54, 1.807) is 30.4 Å². The lowest BCUT2D eigenvalue weighted by molar-refractivity contribution is -0.121. The standard InChI is InChI=1S/C34H38N4O6/c1-24-11-10-16-28-30(24)32(40)38(23-29(39)35-33(41)42)34(43)37(28)20-9-8-19-36-21-17-27(18-22-36)44-31(25-12-4-2-5-13-25)26-14-6-3-7-15-26/h2-7,10-16,27,31H,8-9,17-23H2,1H3,(H,35,39)(H,41,42). The van der Waals surface area contributed by atoms with Gasteiger partial charge in [0.25, 0.3) is 5.56 Å². The number of likely N-dealkylation sites (tertiary alicyclic amines) is 1. The Kier molecular flexibility index (Phi) is 10.0. The van der Waals surface area contributed by atoms with Crippen LogP contribution in [0.2, 0.25) is 0 Å². The van der Waals surface area contributed by atoms with Crippen molar-refractivity contribution in [2.45, 2.75) is 57.9 Å². The van der Waals surface area contributed by atoms with Gasteiger partial charge in [-0.1, -0.05) is 72.8 Å². The zero-order chi connectivity index (χ0) is 31.1. The predicted molar refractivity (Wildman–Crippen MR) is 168 cm³/mol. The van der Waals surface area contributed by atoms with Gasteiger partial charge in [0.05, 0.1) is 17.0 Å². The number of benzene rings is 3. The minimum Gasteiger partial charge on any atom is -0.465 e. The molecule has 44 heavy (non-hydrogen) atoms. The number of aryl methyl sites for hydroxylation is 2. The van der Waals surface area contributed by atoms with E-state index in [2.05, 4.69) is 29.2 Å². The Bertz CT molecular complexity index is 1670. The molecule has 1 aliphatic rings. The van der Waals surface area contributed by atoms with Gasteiger partial charge >= 0.3 is 11.8 Å². The Morgan fingerprint density at radius 1 is 0.864 bits per heavy atom. The SMILES string of the molecule is Cc1cccc2c1c(=O)n(CC(=O)NC(=O)O)c(=O)n2CCCCN1CCC(OC(c2ccccc2)c2ccccc2)CC1. The lowest BCUT2D eigenvalue weighted by atomic mass is 10.00. The summed E-state index contributed by atoms with van der Waals surface area (Å²) in [5.74, 6) is -0.942. The topological polar surface area (TPSA) is 123 Å². The van der Waals surface area contributed by atoms with E-state index in [9.17, 15) is 19.2 Å². The smallest absolute Gasteiger partial charge is 0.411 e. The van der Waals surface area contributed by atoms with Crippen LogP contribution in [0.4, 0.5) is 4.79 Å². The first-order valence-corrected chi connectivity index (χ1v) is 15.0. The third-order valence-electron chi connectivity index (χ3n) is 8.18. The summed E-state index contributed by atoms with van der Waals surface area (Å²) in [5.41, 5.74) is 2.25. The molecule has 1 aliphatic heterocycles. The minimum atomic E-state index is -1.54. The van der Waals surface area contributed by atoms with Crippen molar-refractivity contribution in [2.24, 2.45) is 0 Å². The van der Waals surface area contributed by atoms with Gasteiger partial charge in [-0.25, -0.2) is 9.59 Å². The molecular formula is C34H38N4O6. The van der Waals surface area contributed by atoms with Crippen molar-refractivity contribution in [3.63, 3.8) is 0 Å². The Hall–Kier alpha value is -4.54. The zero-order valence-electron chi connectivity index (χ0n) is 24.9. The summed E-state index contributed by atoms with van der Waals surface area (Å²) in [6.45, 7) is 4.20. The van der Waals surface area contributed by atoms with Crippen LogP contribution < -0.4 is 16.6 Å². The first kappa shape index (κ1) is 30.9. The van der Waals surface area contributed by atoms with Crippen molar-refractivity contribution in [1.82, 2.24) is 19.4 Å². The molecule has 10 nitrogen and oxygen atoms in total. The second-order valence-electron chi connectivity index (χ2n) is 11.2. The third-order valence-corrected chi connectivity index (χ3v) is 8.18. The summed E-state index contributed by atoms with van der Waals surface area (Å²) < 4.78 is 9.01. The first-order chi connectivity index (χ1) is 21.3. The number of ether oxygens (including phenoxy) is 1. The average Bonchev–Trinajstić information content (AvgIpc) is 3.02. The quantitative estimate of drug-likeness (QED) is 0.247. The van der Waals surface area contributed by atoms with Crippen molar-refractivity contribution in [3.05, 3.63) is 116 Å². The van der Waals surface area contributed by atoms with Crippen molar-refractivity contribution < 1.29 is 19.4 Å². The average molecular weight is 599 g/mol. The molecule has 2 heterocycles. The van der Waals surface area contributed by atoms with Crippen LogP contribution >= 0.6 is 0 Å². The van der Waals surface area contributed by atoms with Gasteiger partial charge < -0.3 is 14.7 Å². The summed E-state index contributed by atoms with van der Waals surface area (Å²) in [6.07, 6.45) is 1.92. The molecule has 5 rings (SSSR count). The molecule has 0 spiro atoms. The molecule has 2 N–H and O–H groups in total. The Morgan fingerprint density at radius 2 is 1.48 bits per heavy atom. The van der Waals surface area contributed by atoms with Crippen molar-refractivity contribution in [1.29, 1.82) is 0 Å². The summed E-state index contributed by atoms with van der Waals surface area (Å²) in [4.78, 5) is 51.9. The van der Waals surface area contributed by atoms with Gasteiger partial charge in [0.1, 0.15) is 12.6 Å². The predicted octanol–water partition coefficient (Wildman–Crippen LogP) is 4.32. The second kappa shape index (κ2) is 14.3. The number of nitrogens with one attached hydrogen (secondary N) is 1. The summed E-state index contributed by atoms with van der Waals surface area (Å²) >= 11 is 0. The van der Waals surface area contributed by atoms with Crippen LogP contribution in [-0.2, 0) is 22.6 Å². The Balaban J connectivity index is 1.19. The summed E-state index contributed by atoms with van der Waals surface area (Å²) in [5, 5.41) is 10.9. The molecular weight excluding hydrogens is 560 g/mol. The maximum Gasteiger partial charge on any atom is 0.411 e. The number of hydrogen-bond acceptors (Lipinski definition) is 6. The van der Waals surface area contributed by atoms with Crippen LogP contribution in [0.3, 0.4) is 0 Å². The molecule has 2 amide bonds. The van der Waals surface area contributed by atoms with Gasteiger partial charge in [-0.3, -0.25) is 24.0 Å². The van der Waals surface area contributed by atoms with Crippen LogP contribution in [0.1, 0.15) is 48.5 Å². The minimum absolute atomic E-state index is 0.107. The van der Waals surface area contributed by atoms with Crippen LogP contribution in [0.5, 0.6) is 0 Å². The van der Waals surface area contributed by atoms with E-state index in [1.807, 2.05) is 36.4 Å². The van der Waals surface area contributed by atoms with Crippen LogP contribution in [-0.4, -0.2) is 56.9 Å². The molecule has 0 bridgehead atoms. The van der Waals surface area contributed by atoms with Crippen LogP contribution in [0.15, 0.2) is 88.5 Å².